The van der Waals surface area contributed by atoms with Crippen molar-refractivity contribution >= 4 is 5.91 Å². The molecule has 132 valence electrons. The van der Waals surface area contributed by atoms with Crippen LogP contribution in [-0.2, 0) is 16.1 Å². The van der Waals surface area contributed by atoms with E-state index in [1.807, 2.05) is 6.07 Å². The molecule has 2 heterocycles. The molecule has 0 aromatic heterocycles. The Hall–Kier alpha value is -1.43. The second-order valence-corrected chi connectivity index (χ2v) is 6.85. The smallest absolute Gasteiger partial charge is 0.234 e. The number of amides is 1. The van der Waals surface area contributed by atoms with Gasteiger partial charge in [-0.1, -0.05) is 30.3 Å². The number of rotatable bonds is 6. The van der Waals surface area contributed by atoms with Gasteiger partial charge in [-0.15, -0.1) is 0 Å². The first kappa shape index (κ1) is 17.4. The summed E-state index contributed by atoms with van der Waals surface area (Å²) in [4.78, 5) is 16.7. The molecule has 1 amide bonds. The lowest BCUT2D eigenvalue weighted by atomic mass is 10.2. The van der Waals surface area contributed by atoms with E-state index in [-0.39, 0.29) is 12.0 Å². The predicted octanol–water partition coefficient (Wildman–Crippen LogP) is 1.49. The third-order valence-electron chi connectivity index (χ3n) is 4.78. The second-order valence-electron chi connectivity index (χ2n) is 6.85. The maximum atomic E-state index is 12.1. The van der Waals surface area contributed by atoms with Crippen LogP contribution in [0.1, 0.15) is 24.8 Å². The summed E-state index contributed by atoms with van der Waals surface area (Å²) in [6.07, 6.45) is 3.56. The van der Waals surface area contributed by atoms with Crippen molar-refractivity contribution in [2.75, 3.05) is 45.9 Å². The maximum Gasteiger partial charge on any atom is 0.234 e. The molecule has 5 heteroatoms. The van der Waals surface area contributed by atoms with Gasteiger partial charge in [0, 0.05) is 32.8 Å². The number of benzene rings is 1. The van der Waals surface area contributed by atoms with Crippen LogP contribution in [-0.4, -0.2) is 67.7 Å². The summed E-state index contributed by atoms with van der Waals surface area (Å²) >= 11 is 0. The molecule has 0 bridgehead atoms. The van der Waals surface area contributed by atoms with Crippen LogP contribution in [0, 0.1) is 0 Å². The summed E-state index contributed by atoms with van der Waals surface area (Å²) in [5, 5.41) is 3.06. The van der Waals surface area contributed by atoms with Crippen molar-refractivity contribution in [1.82, 2.24) is 15.1 Å². The Morgan fingerprint density at radius 3 is 2.62 bits per heavy atom. The van der Waals surface area contributed by atoms with E-state index in [1.54, 1.807) is 0 Å². The zero-order valence-electron chi connectivity index (χ0n) is 14.5. The highest BCUT2D eigenvalue weighted by Gasteiger charge is 2.20. The summed E-state index contributed by atoms with van der Waals surface area (Å²) in [5.74, 6) is 0.124. The summed E-state index contributed by atoms with van der Waals surface area (Å²) < 4.78 is 5.92. The summed E-state index contributed by atoms with van der Waals surface area (Å²) in [6.45, 7) is 6.89. The van der Waals surface area contributed by atoms with Crippen LogP contribution in [0.4, 0.5) is 0 Å². The highest BCUT2D eigenvalue weighted by Crippen LogP contribution is 2.11. The Morgan fingerprint density at radius 1 is 1.08 bits per heavy atom. The van der Waals surface area contributed by atoms with E-state index >= 15 is 0 Å². The average Bonchev–Trinajstić information content (AvgIpc) is 2.99. The first-order valence-corrected chi connectivity index (χ1v) is 9.16. The van der Waals surface area contributed by atoms with Crippen molar-refractivity contribution in [3.05, 3.63) is 35.9 Å². The standard InChI is InChI=1S/C19H29N3O2/c23-19(16-21-9-4-5-10-21)20-13-18-15-22(11-6-12-24-18)14-17-7-2-1-3-8-17/h1-3,7-8,18H,4-6,9-16H2,(H,20,23)/t18-/m1/s1. The lowest BCUT2D eigenvalue weighted by Gasteiger charge is -2.24. The molecule has 1 N–H and O–H groups in total. The molecule has 3 rings (SSSR count). The monoisotopic (exact) mass is 331 g/mol. The molecule has 1 aromatic carbocycles. The Labute approximate surface area is 145 Å². The largest absolute Gasteiger partial charge is 0.375 e. The van der Waals surface area contributed by atoms with Crippen molar-refractivity contribution in [3.63, 3.8) is 0 Å². The number of hydrogen-bond acceptors (Lipinski definition) is 4. The zero-order chi connectivity index (χ0) is 16.6. The quantitative estimate of drug-likeness (QED) is 0.858. The van der Waals surface area contributed by atoms with Gasteiger partial charge in [0.25, 0.3) is 0 Å². The van der Waals surface area contributed by atoms with E-state index in [0.29, 0.717) is 13.1 Å². The molecular formula is C19H29N3O2. The Kier molecular flexibility index (Phi) is 6.64. The van der Waals surface area contributed by atoms with Gasteiger partial charge in [0.05, 0.1) is 12.6 Å². The van der Waals surface area contributed by atoms with Crippen molar-refractivity contribution < 1.29 is 9.53 Å². The van der Waals surface area contributed by atoms with E-state index in [4.69, 9.17) is 4.74 Å². The van der Waals surface area contributed by atoms with Gasteiger partial charge in [-0.05, 0) is 37.9 Å². The van der Waals surface area contributed by atoms with Crippen LogP contribution in [0.3, 0.4) is 0 Å². The highest BCUT2D eigenvalue weighted by atomic mass is 16.5. The zero-order valence-corrected chi connectivity index (χ0v) is 14.5. The first-order valence-electron chi connectivity index (χ1n) is 9.16. The topological polar surface area (TPSA) is 44.8 Å². The molecule has 1 aromatic rings. The molecule has 1 atom stereocenters. The Balaban J connectivity index is 1.43. The molecule has 24 heavy (non-hydrogen) atoms. The van der Waals surface area contributed by atoms with Gasteiger partial charge in [0.2, 0.25) is 5.91 Å². The van der Waals surface area contributed by atoms with E-state index < -0.39 is 0 Å². The van der Waals surface area contributed by atoms with E-state index in [0.717, 1.165) is 45.8 Å². The maximum absolute atomic E-state index is 12.1. The number of nitrogens with one attached hydrogen (secondary N) is 1. The molecule has 0 unspecified atom stereocenters. The highest BCUT2D eigenvalue weighted by molar-refractivity contribution is 5.78. The summed E-state index contributed by atoms with van der Waals surface area (Å²) in [7, 11) is 0. The van der Waals surface area contributed by atoms with Gasteiger partial charge in [-0.2, -0.15) is 0 Å². The predicted molar refractivity (Wildman–Crippen MR) is 94.8 cm³/mol. The molecule has 0 spiro atoms. The van der Waals surface area contributed by atoms with Crippen molar-refractivity contribution in [3.8, 4) is 0 Å². The molecular weight excluding hydrogens is 302 g/mol. The minimum absolute atomic E-state index is 0.0822. The molecule has 2 saturated heterocycles. The van der Waals surface area contributed by atoms with Gasteiger partial charge in [0.1, 0.15) is 0 Å². The minimum atomic E-state index is 0.0822. The molecule has 2 aliphatic rings. The number of likely N-dealkylation sites (tertiary alicyclic amines) is 1. The number of nitrogens with zero attached hydrogens (tertiary/aromatic N) is 2. The van der Waals surface area contributed by atoms with Crippen LogP contribution in [0.25, 0.3) is 0 Å². The van der Waals surface area contributed by atoms with E-state index in [9.17, 15) is 4.79 Å². The van der Waals surface area contributed by atoms with Gasteiger partial charge in [0.15, 0.2) is 0 Å². The number of carbonyl (C=O) groups is 1. The lowest BCUT2D eigenvalue weighted by molar-refractivity contribution is -0.122. The fourth-order valence-corrected chi connectivity index (χ4v) is 3.51. The molecule has 2 fully saturated rings. The second kappa shape index (κ2) is 9.16. The first-order chi connectivity index (χ1) is 11.8. The van der Waals surface area contributed by atoms with Gasteiger partial charge >= 0.3 is 0 Å². The third-order valence-corrected chi connectivity index (χ3v) is 4.78. The van der Waals surface area contributed by atoms with E-state index in [1.165, 1.54) is 18.4 Å². The fourth-order valence-electron chi connectivity index (χ4n) is 3.51. The minimum Gasteiger partial charge on any atom is -0.375 e. The summed E-state index contributed by atoms with van der Waals surface area (Å²) in [5.41, 5.74) is 1.33. The van der Waals surface area contributed by atoms with Gasteiger partial charge in [-0.3, -0.25) is 14.6 Å². The van der Waals surface area contributed by atoms with Crippen molar-refractivity contribution in [2.45, 2.75) is 31.9 Å². The van der Waals surface area contributed by atoms with Crippen LogP contribution in [0.5, 0.6) is 0 Å². The number of carbonyl (C=O) groups excluding carboxylic acids is 1. The molecule has 0 radical (unpaired) electrons. The van der Waals surface area contributed by atoms with Crippen molar-refractivity contribution in [1.29, 1.82) is 0 Å². The van der Waals surface area contributed by atoms with Gasteiger partial charge < -0.3 is 10.1 Å². The average molecular weight is 331 g/mol. The molecule has 0 saturated carbocycles. The summed E-state index contributed by atoms with van der Waals surface area (Å²) in [6, 6.07) is 10.5. The van der Waals surface area contributed by atoms with Crippen LogP contribution < -0.4 is 5.32 Å². The normalized spacial score (nSPS) is 23.1. The van der Waals surface area contributed by atoms with Gasteiger partial charge in [-0.25, -0.2) is 0 Å². The third kappa shape index (κ3) is 5.58. The Morgan fingerprint density at radius 2 is 1.83 bits per heavy atom. The van der Waals surface area contributed by atoms with Crippen LogP contribution in [0.15, 0.2) is 30.3 Å². The van der Waals surface area contributed by atoms with E-state index in [2.05, 4.69) is 39.4 Å². The SMILES string of the molecule is O=C(CN1CCCC1)NC[C@@H]1CN(Cc2ccccc2)CCCO1. The Bertz CT molecular complexity index is 503. The van der Waals surface area contributed by atoms with Crippen LogP contribution in [0.2, 0.25) is 0 Å². The van der Waals surface area contributed by atoms with Crippen LogP contribution >= 0.6 is 0 Å². The molecule has 2 aliphatic heterocycles. The fraction of sp³-hybridized carbons (Fsp3) is 0.632. The van der Waals surface area contributed by atoms with Crippen molar-refractivity contribution in [2.24, 2.45) is 0 Å². The lowest BCUT2D eigenvalue weighted by Crippen LogP contribution is -2.43. The number of hydrogen-bond donors (Lipinski definition) is 1. The molecule has 5 nitrogen and oxygen atoms in total. The number of ether oxygens (including phenoxy) is 1. The molecule has 0 aliphatic carbocycles.